The van der Waals surface area contributed by atoms with Crippen LogP contribution in [0.3, 0.4) is 0 Å². The summed E-state index contributed by atoms with van der Waals surface area (Å²) >= 11 is 0. The number of benzene rings is 2. The van der Waals surface area contributed by atoms with Crippen molar-refractivity contribution >= 4 is 23.5 Å². The van der Waals surface area contributed by atoms with Crippen LogP contribution in [0.1, 0.15) is 34.0 Å². The van der Waals surface area contributed by atoms with Gasteiger partial charge in [-0.1, -0.05) is 25.1 Å². The van der Waals surface area contributed by atoms with Gasteiger partial charge in [-0.15, -0.1) is 0 Å². The number of rotatable bonds is 7. The monoisotopic (exact) mass is 422 g/mol. The van der Waals surface area contributed by atoms with E-state index in [0.717, 1.165) is 35.4 Å². The second-order valence-corrected chi connectivity index (χ2v) is 6.43. The zero-order valence-corrected chi connectivity index (χ0v) is 16.4. The first-order chi connectivity index (χ1) is 14.1. The molecule has 2 rings (SSSR count). The van der Waals surface area contributed by atoms with Gasteiger partial charge in [-0.05, 0) is 48.7 Å². The van der Waals surface area contributed by atoms with Crippen molar-refractivity contribution in [2.24, 2.45) is 0 Å². The van der Waals surface area contributed by atoms with Gasteiger partial charge in [-0.25, -0.2) is 0 Å². The Kier molecular flexibility index (Phi) is 7.57. The molecule has 2 amide bonds. The van der Waals surface area contributed by atoms with Crippen molar-refractivity contribution in [1.82, 2.24) is 5.32 Å². The number of anilines is 1. The van der Waals surface area contributed by atoms with Crippen LogP contribution in [-0.2, 0) is 26.9 Å². The third kappa shape index (κ3) is 6.33. The number of nitrogens with one attached hydrogen (secondary N) is 2. The Morgan fingerprint density at radius 1 is 1.03 bits per heavy atom. The predicted molar refractivity (Wildman–Crippen MR) is 104 cm³/mol. The maximum absolute atomic E-state index is 12.5. The van der Waals surface area contributed by atoms with Crippen LogP contribution in [0.25, 0.3) is 0 Å². The predicted octanol–water partition coefficient (Wildman–Crippen LogP) is 3.49. The number of carbonyl (C=O) groups excluding carboxylic acids is 3. The number of carbonyl (C=O) groups is 3. The summed E-state index contributed by atoms with van der Waals surface area (Å²) < 4.78 is 42.4. The lowest BCUT2D eigenvalue weighted by atomic mass is 10.1. The van der Waals surface area contributed by atoms with Crippen molar-refractivity contribution in [2.75, 3.05) is 18.5 Å². The second kappa shape index (κ2) is 9.91. The molecule has 0 fully saturated rings. The average molecular weight is 422 g/mol. The fourth-order valence-electron chi connectivity index (χ4n) is 2.64. The third-order valence-electron chi connectivity index (χ3n) is 4.24. The smallest absolute Gasteiger partial charge is 0.416 e. The highest BCUT2D eigenvalue weighted by molar-refractivity contribution is 5.97. The van der Waals surface area contributed by atoms with Crippen LogP contribution in [0.2, 0.25) is 0 Å². The van der Waals surface area contributed by atoms with Crippen molar-refractivity contribution in [3.8, 4) is 0 Å². The minimum atomic E-state index is -4.50. The molecule has 2 N–H and O–H groups in total. The summed E-state index contributed by atoms with van der Waals surface area (Å²) in [6, 6.07) is 9.16. The first-order valence-corrected chi connectivity index (χ1v) is 9.11. The standard InChI is InChI=1S/C21H21F3N2O4/c1-3-14-6-4-5-13(2)19(14)26-17(27)12-30-18(28)11-25-20(29)15-7-9-16(10-8-15)21(22,23)24/h4-10H,3,11-12H2,1-2H3,(H,25,29)(H,26,27). The van der Waals surface area contributed by atoms with Gasteiger partial charge in [-0.3, -0.25) is 14.4 Å². The summed E-state index contributed by atoms with van der Waals surface area (Å²) in [7, 11) is 0. The summed E-state index contributed by atoms with van der Waals surface area (Å²) in [5.41, 5.74) is 1.55. The molecule has 0 aliphatic carbocycles. The molecule has 30 heavy (non-hydrogen) atoms. The molecule has 0 aliphatic heterocycles. The Labute approximate surface area is 171 Å². The van der Waals surface area contributed by atoms with E-state index in [-0.39, 0.29) is 5.56 Å². The molecule has 0 saturated carbocycles. The number of alkyl halides is 3. The van der Waals surface area contributed by atoms with E-state index in [1.807, 2.05) is 32.0 Å². The lowest BCUT2D eigenvalue weighted by molar-refractivity contribution is -0.146. The molecule has 6 nitrogen and oxygen atoms in total. The first-order valence-electron chi connectivity index (χ1n) is 9.11. The maximum Gasteiger partial charge on any atom is 0.416 e. The maximum atomic E-state index is 12.5. The van der Waals surface area contributed by atoms with Crippen LogP contribution in [-0.4, -0.2) is 30.9 Å². The van der Waals surface area contributed by atoms with Gasteiger partial charge in [0.05, 0.1) is 5.56 Å². The number of amides is 2. The van der Waals surface area contributed by atoms with Crippen molar-refractivity contribution in [1.29, 1.82) is 0 Å². The zero-order valence-electron chi connectivity index (χ0n) is 16.4. The summed E-state index contributed by atoms with van der Waals surface area (Å²) in [5.74, 6) is -2.12. The number of hydrogen-bond acceptors (Lipinski definition) is 4. The van der Waals surface area contributed by atoms with Gasteiger partial charge in [0.1, 0.15) is 6.54 Å². The Balaban J connectivity index is 1.81. The van der Waals surface area contributed by atoms with E-state index >= 15 is 0 Å². The van der Waals surface area contributed by atoms with Gasteiger partial charge < -0.3 is 15.4 Å². The van der Waals surface area contributed by atoms with E-state index in [2.05, 4.69) is 10.6 Å². The van der Waals surface area contributed by atoms with E-state index in [1.54, 1.807) is 0 Å². The molecule has 0 unspecified atom stereocenters. The van der Waals surface area contributed by atoms with Gasteiger partial charge in [-0.2, -0.15) is 13.2 Å². The van der Waals surface area contributed by atoms with Crippen LogP contribution in [0.5, 0.6) is 0 Å². The molecule has 0 spiro atoms. The molecule has 0 saturated heterocycles. The molecule has 0 heterocycles. The normalized spacial score (nSPS) is 11.0. The van der Waals surface area contributed by atoms with Gasteiger partial charge >= 0.3 is 12.1 Å². The van der Waals surface area contributed by atoms with Crippen molar-refractivity contribution < 1.29 is 32.3 Å². The SMILES string of the molecule is CCc1cccc(C)c1NC(=O)COC(=O)CNC(=O)c1ccc(C(F)(F)F)cc1. The fraction of sp³-hybridized carbons (Fsp3) is 0.286. The van der Waals surface area contributed by atoms with Crippen molar-refractivity contribution in [3.05, 3.63) is 64.7 Å². The zero-order chi connectivity index (χ0) is 22.3. The van der Waals surface area contributed by atoms with Gasteiger partial charge in [0, 0.05) is 11.3 Å². The Hall–Kier alpha value is -3.36. The van der Waals surface area contributed by atoms with Crippen LogP contribution in [0, 0.1) is 6.92 Å². The molecule has 0 aromatic heterocycles. The Morgan fingerprint density at radius 2 is 1.70 bits per heavy atom. The van der Waals surface area contributed by atoms with Crippen molar-refractivity contribution in [3.63, 3.8) is 0 Å². The van der Waals surface area contributed by atoms with Crippen LogP contribution < -0.4 is 10.6 Å². The van der Waals surface area contributed by atoms with Crippen LogP contribution >= 0.6 is 0 Å². The minimum Gasteiger partial charge on any atom is -0.454 e. The van der Waals surface area contributed by atoms with E-state index < -0.39 is 42.7 Å². The quantitative estimate of drug-likeness (QED) is 0.669. The highest BCUT2D eigenvalue weighted by Gasteiger charge is 2.30. The number of para-hydroxylation sites is 1. The molecule has 9 heteroatoms. The molecule has 2 aromatic rings. The van der Waals surface area contributed by atoms with E-state index in [1.165, 1.54) is 0 Å². The summed E-state index contributed by atoms with van der Waals surface area (Å²) in [6.07, 6.45) is -3.79. The summed E-state index contributed by atoms with van der Waals surface area (Å²) in [5, 5.41) is 4.93. The number of hydrogen-bond donors (Lipinski definition) is 2. The number of halogens is 3. The first kappa shape index (κ1) is 22.9. The molecule has 0 radical (unpaired) electrons. The molecular weight excluding hydrogens is 401 g/mol. The van der Waals surface area contributed by atoms with Gasteiger partial charge in [0.15, 0.2) is 6.61 Å². The topological polar surface area (TPSA) is 84.5 Å². The van der Waals surface area contributed by atoms with E-state index in [0.29, 0.717) is 12.1 Å². The second-order valence-electron chi connectivity index (χ2n) is 6.43. The number of aryl methyl sites for hydroxylation is 2. The van der Waals surface area contributed by atoms with E-state index in [9.17, 15) is 27.6 Å². The largest absolute Gasteiger partial charge is 0.454 e. The number of ether oxygens (including phenoxy) is 1. The van der Waals surface area contributed by atoms with Gasteiger partial charge in [0.25, 0.3) is 11.8 Å². The minimum absolute atomic E-state index is 0.0415. The Bertz CT molecular complexity index is 925. The van der Waals surface area contributed by atoms with Gasteiger partial charge in [0.2, 0.25) is 0 Å². The molecule has 160 valence electrons. The molecule has 0 atom stereocenters. The lowest BCUT2D eigenvalue weighted by Crippen LogP contribution is -2.32. The van der Waals surface area contributed by atoms with Crippen molar-refractivity contribution in [2.45, 2.75) is 26.4 Å². The number of esters is 1. The summed E-state index contributed by atoms with van der Waals surface area (Å²) in [6.45, 7) is 2.73. The van der Waals surface area contributed by atoms with E-state index in [4.69, 9.17) is 4.74 Å². The lowest BCUT2D eigenvalue weighted by Gasteiger charge is -2.13. The molecule has 0 aliphatic rings. The van der Waals surface area contributed by atoms with Crippen LogP contribution in [0.15, 0.2) is 42.5 Å². The molecular formula is C21H21F3N2O4. The molecule has 0 bridgehead atoms. The fourth-order valence-corrected chi connectivity index (χ4v) is 2.64. The highest BCUT2D eigenvalue weighted by Crippen LogP contribution is 2.29. The third-order valence-corrected chi connectivity index (χ3v) is 4.24. The molecule has 2 aromatic carbocycles. The highest BCUT2D eigenvalue weighted by atomic mass is 19.4. The van der Waals surface area contributed by atoms with Crippen LogP contribution in [0.4, 0.5) is 18.9 Å². The Morgan fingerprint density at radius 3 is 2.30 bits per heavy atom. The average Bonchev–Trinajstić information content (AvgIpc) is 2.71. The summed E-state index contributed by atoms with van der Waals surface area (Å²) in [4.78, 5) is 35.7.